The number of hydrogen-bond acceptors (Lipinski definition) is 4. The Kier molecular flexibility index (Phi) is 5.44. The van der Waals surface area contributed by atoms with Crippen LogP contribution in [0.1, 0.15) is 0 Å². The predicted octanol–water partition coefficient (Wildman–Crippen LogP) is 1.15. The number of aliphatic carboxylic acids is 1. The third kappa shape index (κ3) is 5.65. The number of amides is 1. The second-order valence-electron chi connectivity index (χ2n) is 5.36. The summed E-state index contributed by atoms with van der Waals surface area (Å²) in [6.45, 7) is -0.695. The molecule has 12 heteroatoms. The van der Waals surface area contributed by atoms with Gasteiger partial charge in [0.2, 0.25) is 15.9 Å². The molecule has 0 saturated carbocycles. The van der Waals surface area contributed by atoms with E-state index in [0.29, 0.717) is 10.9 Å². The van der Waals surface area contributed by atoms with E-state index in [1.54, 1.807) is 6.07 Å². The van der Waals surface area contributed by atoms with Crippen LogP contribution in [0.25, 0.3) is 10.9 Å². The summed E-state index contributed by atoms with van der Waals surface area (Å²) in [6, 6.07) is 5.57. The third-order valence-corrected chi connectivity index (χ3v) is 4.40. The minimum Gasteiger partial charge on any atom is -0.480 e. The number of alkyl halides is 3. The highest BCUT2D eigenvalue weighted by Crippen LogP contribution is 2.23. The number of carbonyl (C=O) groups excluding carboxylic acids is 1. The number of carbonyl (C=O) groups is 2. The molecule has 1 aromatic carbocycles. The van der Waals surface area contributed by atoms with Gasteiger partial charge in [0.25, 0.3) is 0 Å². The number of anilines is 1. The highest BCUT2D eigenvalue weighted by Gasteiger charge is 2.35. The quantitative estimate of drug-likeness (QED) is 0.652. The third-order valence-electron chi connectivity index (χ3n) is 3.15. The number of nitrogens with one attached hydrogen (secondary N) is 2. The number of carboxylic acid groups (broad SMARTS) is 1. The molecule has 0 aliphatic rings. The average Bonchev–Trinajstić information content (AvgIpc) is 2.84. The molecule has 1 aromatic heterocycles. The molecule has 0 bridgehead atoms. The fourth-order valence-corrected chi connectivity index (χ4v) is 3.21. The number of benzene rings is 1. The van der Waals surface area contributed by atoms with Gasteiger partial charge in [-0.2, -0.15) is 13.2 Å². The Morgan fingerprint density at radius 1 is 1.19 bits per heavy atom. The predicted molar refractivity (Wildman–Crippen MR) is 86.0 cm³/mol. The van der Waals surface area contributed by atoms with Crippen LogP contribution < -0.4 is 10.0 Å². The van der Waals surface area contributed by atoms with E-state index in [0.717, 1.165) is 0 Å². The lowest BCUT2D eigenvalue weighted by atomic mass is 10.2. The highest BCUT2D eigenvalue weighted by molar-refractivity contribution is 7.92. The monoisotopic (exact) mass is 393 g/mol. The van der Waals surface area contributed by atoms with Crippen molar-refractivity contribution in [1.29, 1.82) is 0 Å². The zero-order valence-electron chi connectivity index (χ0n) is 13.1. The molecular formula is C14H14F3N3O5S. The number of aromatic nitrogens is 1. The van der Waals surface area contributed by atoms with Crippen molar-refractivity contribution < 1.29 is 36.3 Å². The van der Waals surface area contributed by atoms with Crippen LogP contribution in [0, 0.1) is 0 Å². The Balaban J connectivity index is 2.13. The summed E-state index contributed by atoms with van der Waals surface area (Å²) < 4.78 is 63.1. The Morgan fingerprint density at radius 2 is 1.88 bits per heavy atom. The Hall–Kier alpha value is -2.76. The van der Waals surface area contributed by atoms with Crippen molar-refractivity contribution in [3.63, 3.8) is 0 Å². The van der Waals surface area contributed by atoms with Crippen LogP contribution in [0.2, 0.25) is 0 Å². The van der Waals surface area contributed by atoms with Crippen LogP contribution in [0.3, 0.4) is 0 Å². The van der Waals surface area contributed by atoms with Gasteiger partial charge in [0.15, 0.2) is 5.75 Å². The minimum atomic E-state index is -4.86. The molecule has 1 heterocycles. The first-order valence-electron chi connectivity index (χ1n) is 7.10. The lowest BCUT2D eigenvalue weighted by Crippen LogP contribution is -2.31. The molecular weight excluding hydrogens is 379 g/mol. The average molecular weight is 393 g/mol. The van der Waals surface area contributed by atoms with Crippen molar-refractivity contribution in [3.05, 3.63) is 30.5 Å². The molecule has 26 heavy (non-hydrogen) atoms. The van der Waals surface area contributed by atoms with Gasteiger partial charge in [-0.25, -0.2) is 8.42 Å². The van der Waals surface area contributed by atoms with E-state index in [-0.39, 0.29) is 12.2 Å². The molecule has 0 saturated heterocycles. The van der Waals surface area contributed by atoms with E-state index in [2.05, 4.69) is 5.32 Å². The van der Waals surface area contributed by atoms with Crippen LogP contribution in [-0.4, -0.2) is 48.4 Å². The molecule has 1 amide bonds. The van der Waals surface area contributed by atoms with Gasteiger partial charge in [-0.15, -0.1) is 0 Å². The minimum absolute atomic E-state index is 0.0465. The first-order chi connectivity index (χ1) is 12.0. The molecule has 0 aliphatic carbocycles. The first kappa shape index (κ1) is 19.6. The Morgan fingerprint density at radius 3 is 2.50 bits per heavy atom. The van der Waals surface area contributed by atoms with E-state index < -0.39 is 40.4 Å². The molecule has 0 unspecified atom stereocenters. The molecule has 0 aliphatic heterocycles. The van der Waals surface area contributed by atoms with Crippen LogP contribution in [0.4, 0.5) is 18.9 Å². The summed E-state index contributed by atoms with van der Waals surface area (Å²) in [5.41, 5.74) is 0.476. The van der Waals surface area contributed by atoms with Crippen molar-refractivity contribution >= 4 is 38.5 Å². The summed E-state index contributed by atoms with van der Waals surface area (Å²) >= 11 is 0. The molecule has 8 nitrogen and oxygen atoms in total. The van der Waals surface area contributed by atoms with E-state index in [1.807, 2.05) is 4.72 Å². The molecule has 0 fully saturated rings. The van der Waals surface area contributed by atoms with Gasteiger partial charge < -0.3 is 15.0 Å². The normalized spacial score (nSPS) is 12.1. The van der Waals surface area contributed by atoms with Crippen molar-refractivity contribution in [2.45, 2.75) is 12.7 Å². The van der Waals surface area contributed by atoms with Crippen LogP contribution in [-0.2, 0) is 26.2 Å². The zero-order valence-corrected chi connectivity index (χ0v) is 13.9. The second kappa shape index (κ2) is 7.23. The zero-order chi connectivity index (χ0) is 19.5. The van der Waals surface area contributed by atoms with Crippen LogP contribution in [0.15, 0.2) is 30.5 Å². The van der Waals surface area contributed by atoms with Crippen molar-refractivity contribution in [1.82, 2.24) is 9.88 Å². The first-order valence-corrected chi connectivity index (χ1v) is 8.75. The van der Waals surface area contributed by atoms with Gasteiger partial charge in [0.05, 0.1) is 0 Å². The molecule has 0 spiro atoms. The standard InChI is InChI=1S/C14H14F3N3O5S/c15-14(16,17)8-26(24,25)19-10-1-2-11-9(5-10)3-4-20(11)7-12(21)18-6-13(22)23/h1-5,19H,6-8H2,(H,18,21)(H,22,23). The van der Waals surface area contributed by atoms with Gasteiger partial charge in [-0.05, 0) is 24.3 Å². The van der Waals surface area contributed by atoms with Crippen LogP contribution >= 0.6 is 0 Å². The highest BCUT2D eigenvalue weighted by atomic mass is 32.2. The van der Waals surface area contributed by atoms with Gasteiger partial charge >= 0.3 is 12.1 Å². The largest absolute Gasteiger partial charge is 0.480 e. The van der Waals surface area contributed by atoms with E-state index in [1.165, 1.54) is 29.0 Å². The molecule has 2 aromatic rings. The number of sulfonamides is 1. The SMILES string of the molecule is O=C(O)CNC(=O)Cn1ccc2cc(NS(=O)(=O)CC(F)(F)F)ccc21. The Labute approximate surface area is 145 Å². The fraction of sp³-hybridized carbons (Fsp3) is 0.286. The molecule has 0 atom stereocenters. The summed E-state index contributed by atoms with van der Waals surface area (Å²) in [7, 11) is -4.59. The summed E-state index contributed by atoms with van der Waals surface area (Å²) in [5.74, 6) is -3.73. The number of rotatable bonds is 7. The maximum atomic E-state index is 12.2. The molecule has 3 N–H and O–H groups in total. The summed E-state index contributed by atoms with van der Waals surface area (Å²) in [5, 5.41) is 11.2. The lowest BCUT2D eigenvalue weighted by Gasteiger charge is -2.11. The van der Waals surface area contributed by atoms with Crippen molar-refractivity contribution in [2.24, 2.45) is 0 Å². The second-order valence-corrected chi connectivity index (χ2v) is 7.09. The van der Waals surface area contributed by atoms with Gasteiger partial charge in [0.1, 0.15) is 13.1 Å². The maximum Gasteiger partial charge on any atom is 0.404 e. The number of halogens is 3. The van der Waals surface area contributed by atoms with E-state index in [9.17, 15) is 31.2 Å². The molecule has 0 radical (unpaired) electrons. The maximum absolute atomic E-state index is 12.2. The number of hydrogen-bond donors (Lipinski definition) is 3. The van der Waals surface area contributed by atoms with Gasteiger partial charge in [0, 0.05) is 22.8 Å². The fourth-order valence-electron chi connectivity index (χ4n) is 2.22. The topological polar surface area (TPSA) is 118 Å². The van der Waals surface area contributed by atoms with Gasteiger partial charge in [-0.3, -0.25) is 14.3 Å². The van der Waals surface area contributed by atoms with Crippen molar-refractivity contribution in [2.75, 3.05) is 17.0 Å². The smallest absolute Gasteiger partial charge is 0.404 e. The van der Waals surface area contributed by atoms with Crippen molar-refractivity contribution in [3.8, 4) is 0 Å². The summed E-state index contributed by atoms with van der Waals surface area (Å²) in [6.07, 6.45) is -3.35. The number of fused-ring (bicyclic) bond motifs is 1. The van der Waals surface area contributed by atoms with Gasteiger partial charge in [-0.1, -0.05) is 0 Å². The molecule has 142 valence electrons. The number of nitrogens with zero attached hydrogens (tertiary/aromatic N) is 1. The number of carboxylic acids is 1. The lowest BCUT2D eigenvalue weighted by molar-refractivity contribution is -0.138. The van der Waals surface area contributed by atoms with E-state index in [4.69, 9.17) is 5.11 Å². The van der Waals surface area contributed by atoms with Crippen LogP contribution in [0.5, 0.6) is 0 Å². The summed E-state index contributed by atoms with van der Waals surface area (Å²) in [4.78, 5) is 22.1. The molecule has 2 rings (SSSR count). The van der Waals surface area contributed by atoms with E-state index >= 15 is 0 Å². The Bertz CT molecular complexity index is 937.